The van der Waals surface area contributed by atoms with E-state index in [9.17, 15) is 0 Å². The van der Waals surface area contributed by atoms with Gasteiger partial charge in [-0.05, 0) is 17.7 Å². The molecule has 0 aromatic heterocycles. The average molecular weight is 256 g/mol. The van der Waals surface area contributed by atoms with Gasteiger partial charge in [0.15, 0.2) is 0 Å². The van der Waals surface area contributed by atoms with E-state index in [1.165, 1.54) is 5.56 Å². The molecule has 0 heterocycles. The predicted molar refractivity (Wildman–Crippen MR) is 64.3 cm³/mol. The molecule has 0 aliphatic rings. The third-order valence-electron chi connectivity index (χ3n) is 1.55. The first-order valence-corrected chi connectivity index (χ1v) is 5.00. The van der Waals surface area contributed by atoms with Gasteiger partial charge in [-0.15, -0.1) is 24.0 Å². The minimum atomic E-state index is 0. The third kappa shape index (κ3) is 5.68. The lowest BCUT2D eigenvalue weighted by molar-refractivity contribution is 0.552. The first-order chi connectivity index (χ1) is 6.33. The van der Waals surface area contributed by atoms with Gasteiger partial charge in [-0.25, -0.2) is 0 Å². The molecule has 80 valence electrons. The molecule has 0 radical (unpaired) electrons. The normalized spacial score (nSPS) is 9.57. The van der Waals surface area contributed by atoms with Crippen LogP contribution < -0.4 is 10.9 Å². The Morgan fingerprint density at radius 1 is 1.07 bits per heavy atom. The average Bonchev–Trinajstić information content (AvgIpc) is 2.15. The second-order valence-electron chi connectivity index (χ2n) is 2.60. The number of hydrazine groups is 1. The van der Waals surface area contributed by atoms with Gasteiger partial charge in [0.05, 0.1) is 0 Å². The van der Waals surface area contributed by atoms with Crippen molar-refractivity contribution in [3.8, 4) is 0 Å². The fraction of sp³-hybridized carbons (Fsp3) is 0.333. The van der Waals surface area contributed by atoms with Gasteiger partial charge in [-0.1, -0.05) is 23.7 Å². The largest absolute Gasteiger partial charge is 0.256 e. The molecule has 1 aromatic carbocycles. The Morgan fingerprint density at radius 2 is 1.71 bits per heavy atom. The first-order valence-electron chi connectivity index (χ1n) is 4.09. The van der Waals surface area contributed by atoms with Gasteiger partial charge in [0.25, 0.3) is 0 Å². The summed E-state index contributed by atoms with van der Waals surface area (Å²) in [6.07, 6.45) is 0. The Kier molecular flexibility index (Phi) is 8.34. The lowest BCUT2D eigenvalue weighted by atomic mass is 10.2. The molecule has 0 unspecified atom stereocenters. The van der Waals surface area contributed by atoms with Crippen LogP contribution in [0.15, 0.2) is 24.3 Å². The Labute approximate surface area is 100 Å². The van der Waals surface area contributed by atoms with E-state index in [0.29, 0.717) is 5.88 Å². The molecular formula is C9H13Cl3N2. The Hall–Kier alpha value is 0.01000. The van der Waals surface area contributed by atoms with Gasteiger partial charge in [0, 0.05) is 24.0 Å². The van der Waals surface area contributed by atoms with Gasteiger partial charge >= 0.3 is 0 Å². The zero-order valence-corrected chi connectivity index (χ0v) is 9.92. The van der Waals surface area contributed by atoms with Gasteiger partial charge < -0.3 is 0 Å². The maximum Gasteiger partial charge on any atom is 0.0406 e. The number of benzene rings is 1. The van der Waals surface area contributed by atoms with Crippen molar-refractivity contribution < 1.29 is 0 Å². The van der Waals surface area contributed by atoms with Crippen molar-refractivity contribution in [3.63, 3.8) is 0 Å². The van der Waals surface area contributed by atoms with E-state index in [4.69, 9.17) is 23.2 Å². The number of alkyl halides is 1. The predicted octanol–water partition coefficient (Wildman–Crippen LogP) is 2.59. The van der Waals surface area contributed by atoms with Crippen molar-refractivity contribution in [3.05, 3.63) is 34.9 Å². The summed E-state index contributed by atoms with van der Waals surface area (Å²) in [4.78, 5) is 0. The summed E-state index contributed by atoms with van der Waals surface area (Å²) in [6.45, 7) is 1.53. The molecule has 0 fully saturated rings. The summed E-state index contributed by atoms with van der Waals surface area (Å²) in [6, 6.07) is 7.72. The van der Waals surface area contributed by atoms with Crippen LogP contribution in [0, 0.1) is 0 Å². The van der Waals surface area contributed by atoms with Crippen molar-refractivity contribution in [1.29, 1.82) is 0 Å². The smallest absolute Gasteiger partial charge is 0.0406 e. The van der Waals surface area contributed by atoms with Crippen LogP contribution >= 0.6 is 35.6 Å². The monoisotopic (exact) mass is 254 g/mol. The fourth-order valence-corrected chi connectivity index (χ4v) is 1.12. The lowest BCUT2D eigenvalue weighted by Crippen LogP contribution is -2.32. The molecule has 0 spiro atoms. The summed E-state index contributed by atoms with van der Waals surface area (Å²) < 4.78 is 0. The molecule has 0 amide bonds. The first kappa shape index (κ1) is 14.0. The lowest BCUT2D eigenvalue weighted by Gasteiger charge is -2.04. The number of hydrogen-bond donors (Lipinski definition) is 2. The van der Waals surface area contributed by atoms with Crippen LogP contribution in [0.25, 0.3) is 0 Å². The van der Waals surface area contributed by atoms with Crippen molar-refractivity contribution in [2.45, 2.75) is 6.54 Å². The molecule has 0 bridgehead atoms. The van der Waals surface area contributed by atoms with E-state index in [0.717, 1.165) is 18.1 Å². The van der Waals surface area contributed by atoms with Gasteiger partial charge in [-0.2, -0.15) is 0 Å². The topological polar surface area (TPSA) is 24.1 Å². The zero-order chi connectivity index (χ0) is 9.52. The summed E-state index contributed by atoms with van der Waals surface area (Å²) in [5, 5.41) is 0.762. The van der Waals surface area contributed by atoms with Crippen molar-refractivity contribution in [1.82, 2.24) is 10.9 Å². The molecular weight excluding hydrogens is 242 g/mol. The zero-order valence-electron chi connectivity index (χ0n) is 7.59. The summed E-state index contributed by atoms with van der Waals surface area (Å²) in [5.41, 5.74) is 7.21. The maximum absolute atomic E-state index is 5.74. The SMILES string of the molecule is Cl.ClCCNNCc1ccc(Cl)cc1. The minimum Gasteiger partial charge on any atom is -0.256 e. The molecule has 0 saturated carbocycles. The molecule has 1 aromatic rings. The summed E-state index contributed by atoms with van der Waals surface area (Å²) >= 11 is 11.2. The Balaban J connectivity index is 0.00000169. The molecule has 0 saturated heterocycles. The van der Waals surface area contributed by atoms with Crippen molar-refractivity contribution >= 4 is 35.6 Å². The Bertz CT molecular complexity index is 238. The minimum absolute atomic E-state index is 0. The van der Waals surface area contributed by atoms with E-state index in [2.05, 4.69) is 10.9 Å². The molecule has 14 heavy (non-hydrogen) atoms. The molecule has 5 heteroatoms. The van der Waals surface area contributed by atoms with E-state index in [1.807, 2.05) is 24.3 Å². The highest BCUT2D eigenvalue weighted by Crippen LogP contribution is 2.08. The van der Waals surface area contributed by atoms with Gasteiger partial charge in [0.1, 0.15) is 0 Å². The molecule has 1 rings (SSSR count). The molecule has 2 N–H and O–H groups in total. The van der Waals surface area contributed by atoms with Crippen LogP contribution in [0.1, 0.15) is 5.56 Å². The quantitative estimate of drug-likeness (QED) is 0.480. The number of halogens is 3. The maximum atomic E-state index is 5.74. The van der Waals surface area contributed by atoms with E-state index in [-0.39, 0.29) is 12.4 Å². The van der Waals surface area contributed by atoms with Crippen LogP contribution in [0.3, 0.4) is 0 Å². The van der Waals surface area contributed by atoms with Crippen LogP contribution in [-0.4, -0.2) is 12.4 Å². The molecule has 0 aliphatic carbocycles. The van der Waals surface area contributed by atoms with E-state index >= 15 is 0 Å². The van der Waals surface area contributed by atoms with Crippen molar-refractivity contribution in [2.24, 2.45) is 0 Å². The highest BCUT2D eigenvalue weighted by Gasteiger charge is 1.91. The van der Waals surface area contributed by atoms with Crippen LogP contribution in [-0.2, 0) is 6.54 Å². The summed E-state index contributed by atoms with van der Waals surface area (Å²) in [5.74, 6) is 0.605. The van der Waals surface area contributed by atoms with E-state index in [1.54, 1.807) is 0 Å². The van der Waals surface area contributed by atoms with Crippen molar-refractivity contribution in [2.75, 3.05) is 12.4 Å². The highest BCUT2D eigenvalue weighted by molar-refractivity contribution is 6.30. The Morgan fingerprint density at radius 3 is 2.29 bits per heavy atom. The van der Waals surface area contributed by atoms with E-state index < -0.39 is 0 Å². The standard InChI is InChI=1S/C9H12Cl2N2.ClH/c10-5-6-12-13-7-8-1-3-9(11)4-2-8;/h1-4,12-13H,5-7H2;1H. The highest BCUT2D eigenvalue weighted by atomic mass is 35.5. The number of rotatable bonds is 5. The molecule has 0 aliphatic heterocycles. The second kappa shape index (κ2) is 8.33. The van der Waals surface area contributed by atoms with Crippen LogP contribution in [0.4, 0.5) is 0 Å². The third-order valence-corrected chi connectivity index (χ3v) is 1.99. The fourth-order valence-electron chi connectivity index (χ4n) is 0.902. The molecule has 0 atom stereocenters. The number of nitrogens with one attached hydrogen (secondary N) is 2. The summed E-state index contributed by atoms with van der Waals surface area (Å²) in [7, 11) is 0. The second-order valence-corrected chi connectivity index (χ2v) is 3.41. The van der Waals surface area contributed by atoms with Gasteiger partial charge in [-0.3, -0.25) is 10.9 Å². The van der Waals surface area contributed by atoms with Gasteiger partial charge in [0.2, 0.25) is 0 Å². The van der Waals surface area contributed by atoms with Crippen LogP contribution in [0.2, 0.25) is 5.02 Å². The number of hydrogen-bond acceptors (Lipinski definition) is 2. The van der Waals surface area contributed by atoms with Crippen LogP contribution in [0.5, 0.6) is 0 Å². The molecule has 2 nitrogen and oxygen atoms in total.